The van der Waals surface area contributed by atoms with E-state index >= 15 is 0 Å². The number of halogens is 1. The van der Waals surface area contributed by atoms with Crippen LogP contribution in [0.4, 0.5) is 10.1 Å². The SMILES string of the molecule is O=C(COC(=O)c1c2c(nc3ccccc13)CCCCC2)Nc1cccc(F)c1. The van der Waals surface area contributed by atoms with Crippen LogP contribution in [0.5, 0.6) is 0 Å². The first-order chi connectivity index (χ1) is 14.1. The highest BCUT2D eigenvalue weighted by molar-refractivity contribution is 6.06. The summed E-state index contributed by atoms with van der Waals surface area (Å²) in [4.78, 5) is 29.9. The van der Waals surface area contributed by atoms with Gasteiger partial charge >= 0.3 is 5.97 Å². The molecule has 5 nitrogen and oxygen atoms in total. The molecule has 0 radical (unpaired) electrons. The van der Waals surface area contributed by atoms with Crippen molar-refractivity contribution < 1.29 is 18.7 Å². The molecule has 3 aromatic rings. The Kier molecular flexibility index (Phi) is 5.51. The molecular weight excluding hydrogens is 371 g/mol. The Balaban J connectivity index is 1.56. The predicted octanol–water partition coefficient (Wildman–Crippen LogP) is 4.44. The number of amides is 1. The van der Waals surface area contributed by atoms with Gasteiger partial charge in [-0.25, -0.2) is 9.18 Å². The highest BCUT2D eigenvalue weighted by Gasteiger charge is 2.23. The third-order valence-corrected chi connectivity index (χ3v) is 5.07. The molecule has 1 aromatic heterocycles. The summed E-state index contributed by atoms with van der Waals surface area (Å²) >= 11 is 0. The summed E-state index contributed by atoms with van der Waals surface area (Å²) < 4.78 is 18.6. The van der Waals surface area contributed by atoms with Crippen LogP contribution in [0.1, 0.15) is 40.9 Å². The Hall–Kier alpha value is -3.28. The van der Waals surface area contributed by atoms with E-state index in [-0.39, 0.29) is 0 Å². The fourth-order valence-electron chi connectivity index (χ4n) is 3.75. The molecule has 0 bridgehead atoms. The van der Waals surface area contributed by atoms with E-state index in [0.717, 1.165) is 54.3 Å². The molecule has 1 heterocycles. The van der Waals surface area contributed by atoms with E-state index in [2.05, 4.69) is 5.32 Å². The van der Waals surface area contributed by atoms with Crippen molar-refractivity contribution in [1.29, 1.82) is 0 Å². The normalized spacial score (nSPS) is 13.4. The van der Waals surface area contributed by atoms with E-state index in [1.54, 1.807) is 6.07 Å². The monoisotopic (exact) mass is 392 g/mol. The second-order valence-electron chi connectivity index (χ2n) is 7.12. The Bertz CT molecular complexity index is 1080. The number of hydrogen-bond donors (Lipinski definition) is 1. The zero-order valence-electron chi connectivity index (χ0n) is 15.9. The number of hydrogen-bond acceptors (Lipinski definition) is 4. The maximum absolute atomic E-state index is 13.3. The Morgan fingerprint density at radius 2 is 1.86 bits per heavy atom. The molecule has 148 valence electrons. The van der Waals surface area contributed by atoms with Gasteiger partial charge in [0.25, 0.3) is 5.91 Å². The molecule has 1 aliphatic rings. The van der Waals surface area contributed by atoms with Crippen LogP contribution in [-0.2, 0) is 22.4 Å². The van der Waals surface area contributed by atoms with Crippen LogP contribution < -0.4 is 5.32 Å². The number of nitrogens with zero attached hydrogens (tertiary/aromatic N) is 1. The lowest BCUT2D eigenvalue weighted by molar-refractivity contribution is -0.119. The molecule has 1 aliphatic carbocycles. The summed E-state index contributed by atoms with van der Waals surface area (Å²) in [5, 5.41) is 3.27. The highest BCUT2D eigenvalue weighted by Crippen LogP contribution is 2.29. The number of para-hydroxylation sites is 1. The van der Waals surface area contributed by atoms with Crippen molar-refractivity contribution in [3.05, 3.63) is 71.2 Å². The molecule has 0 spiro atoms. The highest BCUT2D eigenvalue weighted by atomic mass is 19.1. The van der Waals surface area contributed by atoms with Crippen LogP contribution in [0.15, 0.2) is 48.5 Å². The number of carbonyl (C=O) groups excluding carboxylic acids is 2. The first-order valence-electron chi connectivity index (χ1n) is 9.75. The number of benzene rings is 2. The minimum Gasteiger partial charge on any atom is -0.452 e. The number of pyridine rings is 1. The molecule has 0 saturated carbocycles. The maximum atomic E-state index is 13.3. The average Bonchev–Trinajstić information content (AvgIpc) is 2.95. The number of ether oxygens (including phenoxy) is 1. The zero-order chi connectivity index (χ0) is 20.2. The van der Waals surface area contributed by atoms with Gasteiger partial charge in [0.2, 0.25) is 0 Å². The van der Waals surface area contributed by atoms with Gasteiger partial charge in [-0.15, -0.1) is 0 Å². The van der Waals surface area contributed by atoms with Gasteiger partial charge in [0.15, 0.2) is 6.61 Å². The average molecular weight is 392 g/mol. The van der Waals surface area contributed by atoms with Gasteiger partial charge in [-0.2, -0.15) is 0 Å². The van der Waals surface area contributed by atoms with Crippen LogP contribution in [0.25, 0.3) is 10.9 Å². The minimum absolute atomic E-state index is 0.314. The number of nitrogens with one attached hydrogen (secondary N) is 1. The molecule has 29 heavy (non-hydrogen) atoms. The minimum atomic E-state index is -0.531. The molecule has 6 heteroatoms. The molecule has 0 fully saturated rings. The van der Waals surface area contributed by atoms with Gasteiger partial charge in [0.05, 0.1) is 11.1 Å². The topological polar surface area (TPSA) is 68.3 Å². The van der Waals surface area contributed by atoms with Crippen molar-refractivity contribution >= 4 is 28.5 Å². The standard InChI is InChI=1S/C23H21FN2O3/c24-15-7-6-8-16(13-15)25-21(27)14-29-23(28)22-17-9-2-1-3-11-19(17)26-20-12-5-4-10-18(20)22/h4-8,10,12-13H,1-3,9,11,14H2,(H,25,27). The summed E-state index contributed by atoms with van der Waals surface area (Å²) in [6.07, 6.45) is 4.74. The number of esters is 1. The summed E-state index contributed by atoms with van der Waals surface area (Å²) in [5.74, 6) is -1.50. The molecule has 2 aromatic carbocycles. The van der Waals surface area contributed by atoms with Crippen LogP contribution in [0.2, 0.25) is 0 Å². The van der Waals surface area contributed by atoms with E-state index in [4.69, 9.17) is 9.72 Å². The first kappa shape index (κ1) is 19.1. The Morgan fingerprint density at radius 1 is 1.03 bits per heavy atom. The second-order valence-corrected chi connectivity index (χ2v) is 7.12. The smallest absolute Gasteiger partial charge is 0.339 e. The van der Waals surface area contributed by atoms with Gasteiger partial charge in [-0.3, -0.25) is 9.78 Å². The van der Waals surface area contributed by atoms with Gasteiger partial charge in [-0.1, -0.05) is 30.7 Å². The number of rotatable bonds is 4. The Labute approximate surface area is 167 Å². The van der Waals surface area contributed by atoms with Crippen LogP contribution in [0.3, 0.4) is 0 Å². The molecule has 0 atom stereocenters. The van der Waals surface area contributed by atoms with E-state index in [1.165, 1.54) is 18.2 Å². The van der Waals surface area contributed by atoms with Crippen molar-refractivity contribution in [2.45, 2.75) is 32.1 Å². The van der Waals surface area contributed by atoms with Crippen LogP contribution in [0, 0.1) is 5.82 Å². The van der Waals surface area contributed by atoms with Gasteiger partial charge in [0, 0.05) is 16.8 Å². The molecule has 1 N–H and O–H groups in total. The summed E-state index contributed by atoms with van der Waals surface area (Å²) in [6.45, 7) is -0.444. The van der Waals surface area contributed by atoms with E-state index in [0.29, 0.717) is 11.3 Å². The number of aromatic nitrogens is 1. The Morgan fingerprint density at radius 3 is 2.72 bits per heavy atom. The quantitative estimate of drug-likeness (QED) is 0.527. The lowest BCUT2D eigenvalue weighted by Gasteiger charge is -2.15. The molecule has 0 saturated heterocycles. The van der Waals surface area contributed by atoms with Crippen molar-refractivity contribution in [2.75, 3.05) is 11.9 Å². The second kappa shape index (κ2) is 8.39. The molecule has 4 rings (SSSR count). The fourth-order valence-corrected chi connectivity index (χ4v) is 3.75. The first-order valence-corrected chi connectivity index (χ1v) is 9.75. The third-order valence-electron chi connectivity index (χ3n) is 5.07. The molecule has 1 amide bonds. The largest absolute Gasteiger partial charge is 0.452 e. The zero-order valence-corrected chi connectivity index (χ0v) is 15.9. The molecular formula is C23H21FN2O3. The third kappa shape index (κ3) is 4.26. The number of carbonyl (C=O) groups is 2. The maximum Gasteiger partial charge on any atom is 0.339 e. The summed E-state index contributed by atoms with van der Waals surface area (Å²) in [5.41, 5.74) is 3.44. The lowest BCUT2D eigenvalue weighted by atomic mass is 9.97. The van der Waals surface area contributed by atoms with Crippen LogP contribution >= 0.6 is 0 Å². The van der Waals surface area contributed by atoms with Crippen molar-refractivity contribution in [1.82, 2.24) is 4.98 Å². The predicted molar refractivity (Wildman–Crippen MR) is 108 cm³/mol. The van der Waals surface area contributed by atoms with E-state index < -0.39 is 24.3 Å². The van der Waals surface area contributed by atoms with E-state index in [9.17, 15) is 14.0 Å². The van der Waals surface area contributed by atoms with Crippen molar-refractivity contribution in [2.24, 2.45) is 0 Å². The van der Waals surface area contributed by atoms with Gasteiger partial charge < -0.3 is 10.1 Å². The van der Waals surface area contributed by atoms with Gasteiger partial charge in [-0.05, 0) is 55.5 Å². The summed E-state index contributed by atoms with van der Waals surface area (Å²) in [7, 11) is 0. The van der Waals surface area contributed by atoms with Crippen molar-refractivity contribution in [3.8, 4) is 0 Å². The number of fused-ring (bicyclic) bond motifs is 2. The van der Waals surface area contributed by atoms with Gasteiger partial charge in [0.1, 0.15) is 5.82 Å². The molecule has 0 unspecified atom stereocenters. The number of anilines is 1. The van der Waals surface area contributed by atoms with Crippen LogP contribution in [-0.4, -0.2) is 23.5 Å². The van der Waals surface area contributed by atoms with E-state index in [1.807, 2.05) is 24.3 Å². The fraction of sp³-hybridized carbons (Fsp3) is 0.261. The summed E-state index contributed by atoms with van der Waals surface area (Å²) in [6, 6.07) is 13.0. The molecule has 0 aliphatic heterocycles. The lowest BCUT2D eigenvalue weighted by Crippen LogP contribution is -2.22. The van der Waals surface area contributed by atoms with Crippen molar-refractivity contribution in [3.63, 3.8) is 0 Å². The number of aryl methyl sites for hydroxylation is 1.